The summed E-state index contributed by atoms with van der Waals surface area (Å²) in [6.07, 6.45) is 1.17. The Labute approximate surface area is 244 Å². The number of hydrogen-bond acceptors (Lipinski definition) is 3. The van der Waals surface area contributed by atoms with Gasteiger partial charge >= 0.3 is 5.97 Å². The fraction of sp³-hybridized carbons (Fsp3) is 0.154. The second-order valence-corrected chi connectivity index (χ2v) is 11.1. The lowest BCUT2D eigenvalue weighted by atomic mass is 9.93. The van der Waals surface area contributed by atoms with E-state index in [1.807, 2.05) is 6.07 Å². The minimum Gasteiger partial charge on any atom is -0.487 e. The molecule has 0 aliphatic carbocycles. The van der Waals surface area contributed by atoms with E-state index in [1.54, 1.807) is 48.5 Å². The van der Waals surface area contributed by atoms with Crippen LogP contribution in [0.4, 0.5) is 4.39 Å². The van der Waals surface area contributed by atoms with Crippen molar-refractivity contribution < 1.29 is 23.8 Å². The zero-order valence-corrected chi connectivity index (χ0v) is 24.3. The van der Waals surface area contributed by atoms with Gasteiger partial charge in [-0.05, 0) is 86.1 Å². The van der Waals surface area contributed by atoms with Crippen molar-refractivity contribution in [1.82, 2.24) is 4.90 Å². The van der Waals surface area contributed by atoms with Crippen molar-refractivity contribution in [1.29, 1.82) is 0 Å². The van der Waals surface area contributed by atoms with Crippen LogP contribution in [0.25, 0.3) is 6.08 Å². The van der Waals surface area contributed by atoms with E-state index >= 15 is 0 Å². The highest BCUT2D eigenvalue weighted by Crippen LogP contribution is 2.38. The van der Waals surface area contributed by atoms with Gasteiger partial charge in [0.05, 0.1) is 7.14 Å². The minimum absolute atomic E-state index is 0.0598. The van der Waals surface area contributed by atoms with Crippen molar-refractivity contribution in [3.63, 3.8) is 0 Å². The van der Waals surface area contributed by atoms with Crippen LogP contribution < -0.4 is 4.74 Å². The van der Waals surface area contributed by atoms with E-state index in [4.69, 9.17) is 27.9 Å². The Balaban J connectivity index is 1.64. The van der Waals surface area contributed by atoms with Crippen LogP contribution in [-0.2, 0) is 29.2 Å². The minimum atomic E-state index is -1.19. The summed E-state index contributed by atoms with van der Waals surface area (Å²) in [7, 11) is 0. The maximum absolute atomic E-state index is 14.9. The molecule has 3 aromatic rings. The number of aliphatic carboxylic acids is 1. The molecule has 1 aliphatic rings. The van der Waals surface area contributed by atoms with E-state index in [-0.39, 0.29) is 19.6 Å². The first-order valence-electron chi connectivity index (χ1n) is 10.7. The van der Waals surface area contributed by atoms with E-state index in [1.165, 1.54) is 0 Å². The van der Waals surface area contributed by atoms with Crippen molar-refractivity contribution in [3.05, 3.63) is 99.9 Å². The maximum Gasteiger partial charge on any atom is 0.326 e. The number of carbonyl (C=O) groups excluding carboxylic acids is 1. The van der Waals surface area contributed by atoms with Crippen LogP contribution in [0, 0.1) is 7.14 Å². The molecule has 1 amide bonds. The Morgan fingerprint density at radius 1 is 1.14 bits per heavy atom. The monoisotopic (exact) mass is 751 g/mol. The van der Waals surface area contributed by atoms with Gasteiger partial charge in [-0.25, -0.2) is 9.18 Å². The number of benzene rings is 3. The molecule has 3 aromatic carbocycles. The molecule has 1 aliphatic heterocycles. The number of halogens is 5. The smallest absolute Gasteiger partial charge is 0.326 e. The maximum atomic E-state index is 14.9. The third-order valence-corrected chi connectivity index (χ3v) is 8.25. The quantitative estimate of drug-likeness (QED) is 0.215. The SMILES string of the molecule is O=C(O)[C@@H]1Cc2cc(I)c(OCc3ccc(Cl)cc3Cl)c(I)c2CN1C(=O)/C(F)=C/c1ccccc1. The molecular weight excluding hydrogens is 734 g/mol. The summed E-state index contributed by atoms with van der Waals surface area (Å²) in [6, 6.07) is 14.4. The summed E-state index contributed by atoms with van der Waals surface area (Å²) < 4.78 is 22.5. The van der Waals surface area contributed by atoms with E-state index in [0.29, 0.717) is 21.4 Å². The van der Waals surface area contributed by atoms with Crippen LogP contribution in [0.15, 0.2) is 60.4 Å². The normalized spacial score (nSPS) is 15.4. The second-order valence-electron chi connectivity index (χ2n) is 8.06. The number of nitrogens with zero attached hydrogens (tertiary/aromatic N) is 1. The van der Waals surface area contributed by atoms with Crippen molar-refractivity contribution in [3.8, 4) is 5.75 Å². The molecular formula is C26H18Cl2FI2NO4. The van der Waals surface area contributed by atoms with Gasteiger partial charge in [-0.1, -0.05) is 59.6 Å². The summed E-state index contributed by atoms with van der Waals surface area (Å²) in [5.74, 6) is -2.60. The van der Waals surface area contributed by atoms with Crippen LogP contribution in [0.2, 0.25) is 10.0 Å². The van der Waals surface area contributed by atoms with Gasteiger partial charge in [-0.15, -0.1) is 0 Å². The lowest BCUT2D eigenvalue weighted by Crippen LogP contribution is -2.49. The molecule has 4 rings (SSSR count). The van der Waals surface area contributed by atoms with Gasteiger partial charge in [0.15, 0.2) is 5.83 Å². The third kappa shape index (κ3) is 5.98. The molecule has 36 heavy (non-hydrogen) atoms. The molecule has 1 N–H and O–H groups in total. The van der Waals surface area contributed by atoms with Crippen LogP contribution in [-0.4, -0.2) is 27.9 Å². The van der Waals surface area contributed by atoms with Crippen LogP contribution in [0.5, 0.6) is 5.75 Å². The average Bonchev–Trinajstić information content (AvgIpc) is 2.84. The molecule has 1 heterocycles. The Bertz CT molecular complexity index is 1370. The van der Waals surface area contributed by atoms with Gasteiger partial charge in [-0.2, -0.15) is 0 Å². The van der Waals surface area contributed by atoms with Crippen molar-refractivity contribution in [2.24, 2.45) is 0 Å². The average molecular weight is 752 g/mol. The molecule has 5 nitrogen and oxygen atoms in total. The molecule has 1 atom stereocenters. The molecule has 0 saturated carbocycles. The topological polar surface area (TPSA) is 66.8 Å². The first-order valence-corrected chi connectivity index (χ1v) is 13.6. The molecule has 10 heteroatoms. The van der Waals surface area contributed by atoms with E-state index in [9.17, 15) is 19.1 Å². The highest BCUT2D eigenvalue weighted by Gasteiger charge is 2.38. The van der Waals surface area contributed by atoms with Crippen LogP contribution in [0.3, 0.4) is 0 Å². The van der Waals surface area contributed by atoms with E-state index in [0.717, 1.165) is 34.8 Å². The third-order valence-electron chi connectivity index (χ3n) is 5.72. The first-order chi connectivity index (χ1) is 17.2. The standard InChI is InChI=1S/C26H18Cl2FI2NO4/c27-17-7-6-15(19(28)11-17)13-36-24-21(30)9-16-10-22(26(34)35)32(12-18(16)23(24)31)25(33)20(29)8-14-4-2-1-3-5-14/h1-9,11,22H,10,12-13H2,(H,34,35)/b20-8-/t22-/m0/s1. The summed E-state index contributed by atoms with van der Waals surface area (Å²) in [5.41, 5.74) is 2.77. The van der Waals surface area contributed by atoms with E-state index in [2.05, 4.69) is 45.2 Å². The molecule has 0 unspecified atom stereocenters. The number of hydrogen-bond donors (Lipinski definition) is 1. The summed E-state index contributed by atoms with van der Waals surface area (Å²) >= 11 is 16.5. The zero-order valence-electron chi connectivity index (χ0n) is 18.5. The highest BCUT2D eigenvalue weighted by molar-refractivity contribution is 14.1. The van der Waals surface area contributed by atoms with Gasteiger partial charge in [0.2, 0.25) is 0 Å². The predicted octanol–water partition coefficient (Wildman–Crippen LogP) is 7.13. The molecule has 0 bridgehead atoms. The van der Waals surface area contributed by atoms with Crippen molar-refractivity contribution in [2.45, 2.75) is 25.6 Å². The summed E-state index contributed by atoms with van der Waals surface area (Å²) in [6.45, 7) is 0.129. The zero-order chi connectivity index (χ0) is 26.0. The van der Waals surface area contributed by atoms with Crippen molar-refractivity contribution >= 4 is 86.3 Å². The van der Waals surface area contributed by atoms with Crippen molar-refractivity contribution in [2.75, 3.05) is 0 Å². The molecule has 186 valence electrons. The number of amides is 1. The molecule has 0 spiro atoms. The molecule has 0 radical (unpaired) electrons. The predicted molar refractivity (Wildman–Crippen MR) is 154 cm³/mol. The second kappa shape index (κ2) is 11.7. The fourth-order valence-corrected chi connectivity index (χ4v) is 6.63. The highest BCUT2D eigenvalue weighted by atomic mass is 127. The Morgan fingerprint density at radius 3 is 2.53 bits per heavy atom. The number of carboxylic acid groups (broad SMARTS) is 1. The van der Waals surface area contributed by atoms with Crippen LogP contribution in [0.1, 0.15) is 22.3 Å². The Kier molecular flexibility index (Phi) is 8.79. The number of ether oxygens (including phenoxy) is 1. The first kappa shape index (κ1) is 27.2. The van der Waals surface area contributed by atoms with E-state index < -0.39 is 23.7 Å². The summed E-state index contributed by atoms with van der Waals surface area (Å²) in [4.78, 5) is 26.1. The van der Waals surface area contributed by atoms with Crippen LogP contribution >= 0.6 is 68.4 Å². The van der Waals surface area contributed by atoms with Gasteiger partial charge in [0.25, 0.3) is 5.91 Å². The van der Waals surface area contributed by atoms with Gasteiger partial charge in [-0.3, -0.25) is 4.79 Å². The lowest BCUT2D eigenvalue weighted by molar-refractivity contribution is -0.150. The van der Waals surface area contributed by atoms with Gasteiger partial charge in [0, 0.05) is 28.6 Å². The largest absolute Gasteiger partial charge is 0.487 e. The Morgan fingerprint density at radius 2 is 1.86 bits per heavy atom. The fourth-order valence-electron chi connectivity index (χ4n) is 3.89. The number of fused-ring (bicyclic) bond motifs is 1. The van der Waals surface area contributed by atoms with Gasteiger partial charge in [0.1, 0.15) is 18.4 Å². The summed E-state index contributed by atoms with van der Waals surface area (Å²) in [5, 5.41) is 10.8. The molecule has 0 fully saturated rings. The number of carboxylic acids is 1. The lowest BCUT2D eigenvalue weighted by Gasteiger charge is -2.35. The van der Waals surface area contributed by atoms with Gasteiger partial charge < -0.3 is 14.7 Å². The number of rotatable bonds is 6. The molecule has 0 saturated heterocycles. The Hall–Kier alpha value is -1.89. The molecule has 0 aromatic heterocycles. The number of carbonyl (C=O) groups is 2.